The van der Waals surface area contributed by atoms with E-state index in [1.807, 2.05) is 6.92 Å². The van der Waals surface area contributed by atoms with Gasteiger partial charge in [-0.15, -0.1) is 12.4 Å². The molecule has 0 bridgehead atoms. The standard InChI is InChI=1S/C14H28N4O2.ClH/c1-2-3-7-12(18-14(16)20)13(19)17-11-8-5-4-6-10(11)9-15;/h10-12H,2-9,15H2,1H3,(H,17,19)(H3,16,18,20);1H. The molecule has 0 aliphatic heterocycles. The van der Waals surface area contributed by atoms with Crippen molar-refractivity contribution < 1.29 is 9.59 Å². The van der Waals surface area contributed by atoms with Gasteiger partial charge in [-0.25, -0.2) is 4.79 Å². The zero-order valence-electron chi connectivity index (χ0n) is 12.8. The molecule has 3 unspecified atom stereocenters. The minimum atomic E-state index is -0.653. The van der Waals surface area contributed by atoms with Gasteiger partial charge in [0.05, 0.1) is 0 Å². The second kappa shape index (κ2) is 10.7. The first-order valence-corrected chi connectivity index (χ1v) is 7.64. The number of nitrogens with one attached hydrogen (secondary N) is 2. The molecule has 1 fully saturated rings. The Labute approximate surface area is 133 Å². The number of hydrogen-bond acceptors (Lipinski definition) is 3. The summed E-state index contributed by atoms with van der Waals surface area (Å²) in [4.78, 5) is 23.3. The molecule has 1 saturated carbocycles. The molecule has 1 aliphatic carbocycles. The van der Waals surface area contributed by atoms with Gasteiger partial charge in [-0.1, -0.05) is 32.6 Å². The van der Waals surface area contributed by atoms with Gasteiger partial charge >= 0.3 is 6.03 Å². The van der Waals surface area contributed by atoms with Crippen LogP contribution in [-0.2, 0) is 4.79 Å². The number of primary amides is 1. The van der Waals surface area contributed by atoms with E-state index in [0.717, 1.165) is 32.1 Å². The van der Waals surface area contributed by atoms with E-state index in [0.29, 0.717) is 18.9 Å². The number of nitrogens with two attached hydrogens (primary N) is 2. The third kappa shape index (κ3) is 7.00. The maximum atomic E-state index is 12.3. The predicted molar refractivity (Wildman–Crippen MR) is 86.2 cm³/mol. The summed E-state index contributed by atoms with van der Waals surface area (Å²) in [6.45, 7) is 2.64. The number of hydrogen-bond donors (Lipinski definition) is 4. The molecule has 0 aromatic carbocycles. The molecular formula is C14H29ClN4O2. The quantitative estimate of drug-likeness (QED) is 0.567. The van der Waals surface area contributed by atoms with E-state index in [-0.39, 0.29) is 24.4 Å². The third-order valence-corrected chi connectivity index (χ3v) is 4.02. The zero-order chi connectivity index (χ0) is 15.0. The second-order valence-electron chi connectivity index (χ2n) is 5.60. The first-order valence-electron chi connectivity index (χ1n) is 7.64. The summed E-state index contributed by atoms with van der Waals surface area (Å²) in [5.41, 5.74) is 10.9. The lowest BCUT2D eigenvalue weighted by molar-refractivity contribution is -0.124. The fourth-order valence-electron chi connectivity index (χ4n) is 2.81. The summed E-state index contributed by atoms with van der Waals surface area (Å²) >= 11 is 0. The lowest BCUT2D eigenvalue weighted by Crippen LogP contribution is -2.53. The molecule has 0 heterocycles. The average molecular weight is 321 g/mol. The smallest absolute Gasteiger partial charge is 0.312 e. The van der Waals surface area contributed by atoms with Crippen molar-refractivity contribution in [3.8, 4) is 0 Å². The lowest BCUT2D eigenvalue weighted by Gasteiger charge is -2.32. The van der Waals surface area contributed by atoms with Crippen molar-refractivity contribution in [1.29, 1.82) is 0 Å². The van der Waals surface area contributed by atoms with Crippen LogP contribution in [0.2, 0.25) is 0 Å². The highest BCUT2D eigenvalue weighted by atomic mass is 35.5. The minimum Gasteiger partial charge on any atom is -0.352 e. The lowest BCUT2D eigenvalue weighted by atomic mass is 9.84. The molecule has 3 amide bonds. The van der Waals surface area contributed by atoms with Crippen molar-refractivity contribution in [3.05, 3.63) is 0 Å². The number of urea groups is 1. The van der Waals surface area contributed by atoms with Crippen LogP contribution in [0, 0.1) is 5.92 Å². The van der Waals surface area contributed by atoms with Crippen molar-refractivity contribution in [2.24, 2.45) is 17.4 Å². The number of unbranched alkanes of at least 4 members (excludes halogenated alkanes) is 1. The van der Waals surface area contributed by atoms with Crippen LogP contribution in [0.5, 0.6) is 0 Å². The average Bonchev–Trinajstić information content (AvgIpc) is 2.43. The Morgan fingerprint density at radius 3 is 2.52 bits per heavy atom. The molecule has 6 nitrogen and oxygen atoms in total. The van der Waals surface area contributed by atoms with Crippen LogP contribution in [0.4, 0.5) is 4.79 Å². The largest absolute Gasteiger partial charge is 0.352 e. The normalized spacial score (nSPS) is 22.8. The van der Waals surface area contributed by atoms with Crippen LogP contribution in [0.1, 0.15) is 51.9 Å². The minimum absolute atomic E-state index is 0. The number of rotatable bonds is 7. The van der Waals surface area contributed by atoms with E-state index in [2.05, 4.69) is 10.6 Å². The fourth-order valence-corrected chi connectivity index (χ4v) is 2.81. The molecule has 0 radical (unpaired) electrons. The maximum absolute atomic E-state index is 12.3. The Bertz CT molecular complexity index is 328. The predicted octanol–water partition coefficient (Wildman–Crippen LogP) is 1.27. The Balaban J connectivity index is 0.00000400. The first-order chi connectivity index (χ1) is 9.58. The highest BCUT2D eigenvalue weighted by molar-refractivity contribution is 5.86. The SMILES string of the molecule is CCCCC(NC(N)=O)C(=O)NC1CCCCC1CN.Cl. The van der Waals surface area contributed by atoms with Crippen LogP contribution in [0.15, 0.2) is 0 Å². The zero-order valence-corrected chi connectivity index (χ0v) is 13.6. The number of carbonyl (C=O) groups is 2. The Hall–Kier alpha value is -1.01. The van der Waals surface area contributed by atoms with Gasteiger partial charge in [0.15, 0.2) is 0 Å². The maximum Gasteiger partial charge on any atom is 0.312 e. The third-order valence-electron chi connectivity index (χ3n) is 4.02. The van der Waals surface area contributed by atoms with Crippen LogP contribution in [0.25, 0.3) is 0 Å². The summed E-state index contributed by atoms with van der Waals surface area (Å²) in [5, 5.41) is 5.58. The summed E-state index contributed by atoms with van der Waals surface area (Å²) in [7, 11) is 0. The van der Waals surface area contributed by atoms with Crippen LogP contribution >= 0.6 is 12.4 Å². The molecule has 6 N–H and O–H groups in total. The highest BCUT2D eigenvalue weighted by Gasteiger charge is 2.28. The first kappa shape index (κ1) is 20.0. The monoisotopic (exact) mass is 320 g/mol. The van der Waals surface area contributed by atoms with E-state index in [4.69, 9.17) is 11.5 Å². The van der Waals surface area contributed by atoms with E-state index in [1.54, 1.807) is 0 Å². The summed E-state index contributed by atoms with van der Waals surface area (Å²) in [5.74, 6) is 0.204. The molecule has 0 spiro atoms. The van der Waals surface area contributed by atoms with Gasteiger partial charge < -0.3 is 22.1 Å². The van der Waals surface area contributed by atoms with Gasteiger partial charge in [0.1, 0.15) is 6.04 Å². The summed E-state index contributed by atoms with van der Waals surface area (Å²) in [6.07, 6.45) is 6.78. The Morgan fingerprint density at radius 1 is 1.29 bits per heavy atom. The van der Waals surface area contributed by atoms with E-state index < -0.39 is 12.1 Å². The van der Waals surface area contributed by atoms with E-state index in [1.165, 1.54) is 6.42 Å². The topological polar surface area (TPSA) is 110 Å². The molecule has 124 valence electrons. The number of carbonyl (C=O) groups excluding carboxylic acids is 2. The van der Waals surface area contributed by atoms with Gasteiger partial charge in [0.25, 0.3) is 0 Å². The number of amides is 3. The van der Waals surface area contributed by atoms with Crippen molar-refractivity contribution in [1.82, 2.24) is 10.6 Å². The van der Waals surface area contributed by atoms with Crippen LogP contribution < -0.4 is 22.1 Å². The van der Waals surface area contributed by atoms with Gasteiger partial charge in [0.2, 0.25) is 5.91 Å². The van der Waals surface area contributed by atoms with Crippen molar-refractivity contribution >= 4 is 24.3 Å². The van der Waals surface area contributed by atoms with E-state index in [9.17, 15) is 9.59 Å². The van der Waals surface area contributed by atoms with Gasteiger partial charge in [-0.05, 0) is 31.7 Å². The second-order valence-corrected chi connectivity index (χ2v) is 5.60. The molecule has 7 heteroatoms. The number of halogens is 1. The molecule has 0 aromatic rings. The molecule has 3 atom stereocenters. The van der Waals surface area contributed by atoms with Gasteiger partial charge in [-0.2, -0.15) is 0 Å². The van der Waals surface area contributed by atoms with Crippen molar-refractivity contribution in [2.45, 2.75) is 64.0 Å². The highest BCUT2D eigenvalue weighted by Crippen LogP contribution is 2.23. The van der Waals surface area contributed by atoms with Crippen LogP contribution in [-0.4, -0.2) is 30.6 Å². The fraction of sp³-hybridized carbons (Fsp3) is 0.857. The summed E-state index contributed by atoms with van der Waals surface area (Å²) < 4.78 is 0. The van der Waals surface area contributed by atoms with E-state index >= 15 is 0 Å². The molecule has 0 aromatic heterocycles. The van der Waals surface area contributed by atoms with Gasteiger partial charge in [0, 0.05) is 6.04 Å². The summed E-state index contributed by atoms with van der Waals surface area (Å²) in [6, 6.07) is -1.06. The molecule has 1 aliphatic rings. The van der Waals surface area contributed by atoms with Gasteiger partial charge in [-0.3, -0.25) is 4.79 Å². The molecule has 21 heavy (non-hydrogen) atoms. The molecule has 1 rings (SSSR count). The van der Waals surface area contributed by atoms with Crippen LogP contribution in [0.3, 0.4) is 0 Å². The Kier molecular flexibility index (Phi) is 10.2. The molecule has 0 saturated heterocycles. The van der Waals surface area contributed by atoms with Crippen molar-refractivity contribution in [2.75, 3.05) is 6.54 Å². The molecular weight excluding hydrogens is 292 g/mol. The van der Waals surface area contributed by atoms with Crippen molar-refractivity contribution in [3.63, 3.8) is 0 Å². The Morgan fingerprint density at radius 2 is 1.95 bits per heavy atom.